The van der Waals surface area contributed by atoms with Crippen LogP contribution in [0.4, 0.5) is 5.69 Å². The van der Waals surface area contributed by atoms with E-state index in [4.69, 9.17) is 9.31 Å². The Labute approximate surface area is 132 Å². The van der Waals surface area contributed by atoms with Crippen molar-refractivity contribution in [1.82, 2.24) is 0 Å². The normalized spacial score (nSPS) is 22.7. The standard InChI is InChI=1S/C17H24BNO3/c1-11-10-13(19-15(20)12-6-7-12)8-9-14(11)18-21-16(2,3)17(4,5)22-18/h8-10,12H,6-7H2,1-5H3,(H,19,20). The van der Waals surface area contributed by atoms with E-state index in [1.54, 1.807) is 0 Å². The highest BCUT2D eigenvalue weighted by Crippen LogP contribution is 2.37. The molecule has 2 aliphatic rings. The summed E-state index contributed by atoms with van der Waals surface area (Å²) in [6.07, 6.45) is 2.02. The van der Waals surface area contributed by atoms with Gasteiger partial charge in [-0.15, -0.1) is 0 Å². The van der Waals surface area contributed by atoms with Gasteiger partial charge in [0.1, 0.15) is 0 Å². The maximum Gasteiger partial charge on any atom is 0.495 e. The first-order valence-corrected chi connectivity index (χ1v) is 7.97. The maximum atomic E-state index is 11.8. The summed E-state index contributed by atoms with van der Waals surface area (Å²) in [6, 6.07) is 5.90. The quantitative estimate of drug-likeness (QED) is 0.873. The Morgan fingerprint density at radius 1 is 1.18 bits per heavy atom. The van der Waals surface area contributed by atoms with Crippen LogP contribution >= 0.6 is 0 Å². The van der Waals surface area contributed by atoms with Crippen LogP contribution in [-0.4, -0.2) is 24.2 Å². The van der Waals surface area contributed by atoms with E-state index < -0.39 is 0 Å². The van der Waals surface area contributed by atoms with Gasteiger partial charge in [0.25, 0.3) is 0 Å². The Morgan fingerprint density at radius 2 is 1.77 bits per heavy atom. The van der Waals surface area contributed by atoms with Gasteiger partial charge in [-0.1, -0.05) is 6.07 Å². The van der Waals surface area contributed by atoms with Crippen molar-refractivity contribution >= 4 is 24.2 Å². The van der Waals surface area contributed by atoms with Crippen LogP contribution in [0.2, 0.25) is 0 Å². The van der Waals surface area contributed by atoms with Crippen molar-refractivity contribution in [3.8, 4) is 0 Å². The Kier molecular flexibility index (Phi) is 3.61. The summed E-state index contributed by atoms with van der Waals surface area (Å²) >= 11 is 0. The van der Waals surface area contributed by atoms with Crippen LogP contribution in [0.3, 0.4) is 0 Å². The third-order valence-electron chi connectivity index (χ3n) is 4.99. The first kappa shape index (κ1) is 15.6. The molecule has 22 heavy (non-hydrogen) atoms. The summed E-state index contributed by atoms with van der Waals surface area (Å²) in [5, 5.41) is 2.97. The smallest absolute Gasteiger partial charge is 0.399 e. The van der Waals surface area contributed by atoms with E-state index in [1.165, 1.54) is 0 Å². The molecule has 1 saturated carbocycles. The number of hydrogen-bond donors (Lipinski definition) is 1. The predicted molar refractivity (Wildman–Crippen MR) is 88.2 cm³/mol. The number of nitrogens with one attached hydrogen (secondary N) is 1. The summed E-state index contributed by atoms with van der Waals surface area (Å²) < 4.78 is 12.2. The lowest BCUT2D eigenvalue weighted by Crippen LogP contribution is -2.41. The minimum absolute atomic E-state index is 0.128. The van der Waals surface area contributed by atoms with Gasteiger partial charge in [-0.05, 0) is 70.6 Å². The molecule has 4 nitrogen and oxygen atoms in total. The molecule has 1 saturated heterocycles. The number of amides is 1. The first-order valence-electron chi connectivity index (χ1n) is 7.97. The minimum Gasteiger partial charge on any atom is -0.399 e. The van der Waals surface area contributed by atoms with Crippen molar-refractivity contribution in [3.05, 3.63) is 23.8 Å². The van der Waals surface area contributed by atoms with E-state index in [1.807, 2.05) is 52.8 Å². The average Bonchev–Trinajstić information content (AvgIpc) is 3.18. The fourth-order valence-electron chi connectivity index (χ4n) is 2.58. The first-order chi connectivity index (χ1) is 10.2. The van der Waals surface area contributed by atoms with Crippen molar-refractivity contribution in [2.45, 2.75) is 58.7 Å². The fraction of sp³-hybridized carbons (Fsp3) is 0.588. The number of aryl methyl sites for hydroxylation is 1. The maximum absolute atomic E-state index is 11.8. The molecule has 1 N–H and O–H groups in total. The number of anilines is 1. The predicted octanol–water partition coefficient (Wildman–Crippen LogP) is 2.64. The molecule has 0 atom stereocenters. The summed E-state index contributed by atoms with van der Waals surface area (Å²) in [4.78, 5) is 11.8. The molecule has 0 aromatic heterocycles. The summed E-state index contributed by atoms with van der Waals surface area (Å²) in [5.74, 6) is 0.339. The summed E-state index contributed by atoms with van der Waals surface area (Å²) in [7, 11) is -0.363. The third kappa shape index (κ3) is 2.80. The van der Waals surface area contributed by atoms with Crippen LogP contribution in [-0.2, 0) is 14.1 Å². The average molecular weight is 301 g/mol. The van der Waals surface area contributed by atoms with Crippen LogP contribution in [0.25, 0.3) is 0 Å². The van der Waals surface area contributed by atoms with Gasteiger partial charge in [-0.2, -0.15) is 0 Å². The highest BCUT2D eigenvalue weighted by Gasteiger charge is 2.52. The molecule has 1 aromatic rings. The molecule has 5 heteroatoms. The lowest BCUT2D eigenvalue weighted by Gasteiger charge is -2.32. The van der Waals surface area contributed by atoms with Gasteiger partial charge in [0.15, 0.2) is 0 Å². The van der Waals surface area contributed by atoms with Crippen molar-refractivity contribution in [2.75, 3.05) is 5.32 Å². The monoisotopic (exact) mass is 301 g/mol. The highest BCUT2D eigenvalue weighted by atomic mass is 16.7. The third-order valence-corrected chi connectivity index (χ3v) is 4.99. The Hall–Kier alpha value is -1.33. The zero-order valence-electron chi connectivity index (χ0n) is 14.0. The van der Waals surface area contributed by atoms with E-state index in [9.17, 15) is 4.79 Å². The molecular formula is C17H24BNO3. The molecule has 0 unspecified atom stereocenters. The van der Waals surface area contributed by atoms with E-state index in [0.717, 1.165) is 29.6 Å². The van der Waals surface area contributed by atoms with Gasteiger partial charge < -0.3 is 14.6 Å². The summed E-state index contributed by atoms with van der Waals surface area (Å²) in [6.45, 7) is 10.2. The van der Waals surface area contributed by atoms with Gasteiger partial charge >= 0.3 is 7.12 Å². The molecule has 0 radical (unpaired) electrons. The SMILES string of the molecule is Cc1cc(NC(=O)C2CC2)ccc1B1OC(C)(C)C(C)(C)O1. The fourth-order valence-corrected chi connectivity index (χ4v) is 2.58. The number of benzene rings is 1. The Balaban J connectivity index is 1.77. The van der Waals surface area contributed by atoms with Gasteiger partial charge in [0.05, 0.1) is 11.2 Å². The van der Waals surface area contributed by atoms with Gasteiger partial charge in [-0.25, -0.2) is 0 Å². The Bertz CT molecular complexity index is 592. The van der Waals surface area contributed by atoms with E-state index in [-0.39, 0.29) is 30.1 Å². The van der Waals surface area contributed by atoms with E-state index >= 15 is 0 Å². The van der Waals surface area contributed by atoms with E-state index in [2.05, 4.69) is 5.32 Å². The lowest BCUT2D eigenvalue weighted by atomic mass is 9.76. The van der Waals surface area contributed by atoms with Gasteiger partial charge in [0, 0.05) is 11.6 Å². The number of carbonyl (C=O) groups is 1. The molecule has 118 valence electrons. The molecule has 1 heterocycles. The second kappa shape index (κ2) is 5.10. The number of carbonyl (C=O) groups excluding carboxylic acids is 1. The summed E-state index contributed by atoms with van der Waals surface area (Å²) in [5.41, 5.74) is 2.23. The molecule has 2 fully saturated rings. The van der Waals surface area contributed by atoms with Crippen LogP contribution in [0, 0.1) is 12.8 Å². The van der Waals surface area contributed by atoms with Crippen molar-refractivity contribution in [3.63, 3.8) is 0 Å². The molecule has 3 rings (SSSR count). The molecule has 0 spiro atoms. The van der Waals surface area contributed by atoms with Crippen molar-refractivity contribution < 1.29 is 14.1 Å². The highest BCUT2D eigenvalue weighted by molar-refractivity contribution is 6.62. The number of rotatable bonds is 3. The zero-order chi connectivity index (χ0) is 16.1. The molecule has 1 aromatic carbocycles. The van der Waals surface area contributed by atoms with Crippen LogP contribution < -0.4 is 10.8 Å². The lowest BCUT2D eigenvalue weighted by molar-refractivity contribution is -0.117. The largest absolute Gasteiger partial charge is 0.495 e. The minimum atomic E-state index is -0.363. The van der Waals surface area contributed by atoms with Crippen molar-refractivity contribution in [1.29, 1.82) is 0 Å². The molecule has 1 amide bonds. The molecule has 1 aliphatic carbocycles. The molecule has 0 bridgehead atoms. The second-order valence-electron chi connectivity index (χ2n) is 7.42. The van der Waals surface area contributed by atoms with Crippen LogP contribution in [0.15, 0.2) is 18.2 Å². The second-order valence-corrected chi connectivity index (χ2v) is 7.42. The van der Waals surface area contributed by atoms with Gasteiger partial charge in [0.2, 0.25) is 5.91 Å². The molecule has 1 aliphatic heterocycles. The number of hydrogen-bond acceptors (Lipinski definition) is 3. The van der Waals surface area contributed by atoms with Gasteiger partial charge in [-0.3, -0.25) is 4.79 Å². The van der Waals surface area contributed by atoms with Crippen LogP contribution in [0.5, 0.6) is 0 Å². The van der Waals surface area contributed by atoms with Crippen LogP contribution in [0.1, 0.15) is 46.1 Å². The molecular weight excluding hydrogens is 277 g/mol. The zero-order valence-corrected chi connectivity index (χ0v) is 14.0. The van der Waals surface area contributed by atoms with E-state index in [0.29, 0.717) is 0 Å². The topological polar surface area (TPSA) is 47.6 Å². The van der Waals surface area contributed by atoms with Crippen molar-refractivity contribution in [2.24, 2.45) is 5.92 Å². The Morgan fingerprint density at radius 3 is 2.27 bits per heavy atom.